The van der Waals surface area contributed by atoms with Crippen molar-refractivity contribution in [3.63, 3.8) is 0 Å². The normalized spacial score (nSPS) is 11.8. The highest BCUT2D eigenvalue weighted by Gasteiger charge is 2.09. The van der Waals surface area contributed by atoms with Gasteiger partial charge in [0.25, 0.3) is 0 Å². The van der Waals surface area contributed by atoms with E-state index in [1.165, 1.54) is 0 Å². The van der Waals surface area contributed by atoms with E-state index in [-0.39, 0.29) is 0 Å². The maximum Gasteiger partial charge on any atom is 0.101 e. The molecular weight excluding hydrogens is 246 g/mol. The molecule has 92 valence electrons. The van der Waals surface area contributed by atoms with Gasteiger partial charge in [0.2, 0.25) is 0 Å². The van der Waals surface area contributed by atoms with Crippen molar-refractivity contribution in [2.75, 3.05) is 17.6 Å². The smallest absolute Gasteiger partial charge is 0.101 e. The minimum absolute atomic E-state index is 0.357. The molecule has 0 saturated carbocycles. The van der Waals surface area contributed by atoms with Gasteiger partial charge in [-0.25, -0.2) is 0 Å². The first-order chi connectivity index (χ1) is 8.72. The lowest BCUT2D eigenvalue weighted by molar-refractivity contribution is 0.192. The number of benzene rings is 1. The van der Waals surface area contributed by atoms with E-state index >= 15 is 0 Å². The van der Waals surface area contributed by atoms with E-state index in [0.717, 1.165) is 5.56 Å². The Bertz CT molecular complexity index is 560. The molecule has 0 radical (unpaired) electrons. The molecule has 0 aliphatic rings. The number of nitrogens with zero attached hydrogens (tertiary/aromatic N) is 1. The first-order valence-corrected chi connectivity index (χ1v) is 6.39. The highest BCUT2D eigenvalue weighted by Crippen LogP contribution is 2.23. The first kappa shape index (κ1) is 12.4. The molecule has 2 rings (SSSR count). The zero-order valence-electron chi connectivity index (χ0n) is 9.63. The van der Waals surface area contributed by atoms with Crippen LogP contribution in [-0.4, -0.2) is 11.7 Å². The summed E-state index contributed by atoms with van der Waals surface area (Å²) in [6.07, 6.45) is -0.582. The van der Waals surface area contributed by atoms with E-state index in [9.17, 15) is 5.11 Å². The molecule has 2 aromatic rings. The van der Waals surface area contributed by atoms with Gasteiger partial charge in [0, 0.05) is 6.54 Å². The van der Waals surface area contributed by atoms with Gasteiger partial charge in [-0.2, -0.15) is 16.6 Å². The molecule has 0 saturated heterocycles. The highest BCUT2D eigenvalue weighted by atomic mass is 32.1. The average molecular weight is 259 g/mol. The third-order valence-electron chi connectivity index (χ3n) is 2.64. The maximum atomic E-state index is 9.93. The molecular formula is C13H13N3OS. The second kappa shape index (κ2) is 5.54. The van der Waals surface area contributed by atoms with Crippen LogP contribution in [0.2, 0.25) is 0 Å². The van der Waals surface area contributed by atoms with Gasteiger partial charge in [0.15, 0.2) is 0 Å². The number of hydrogen-bond donors (Lipinski definition) is 3. The van der Waals surface area contributed by atoms with Crippen LogP contribution in [-0.2, 0) is 0 Å². The Labute approximate surface area is 109 Å². The zero-order chi connectivity index (χ0) is 13.0. The Balaban J connectivity index is 2.05. The standard InChI is InChI=1S/C13H13N3OS/c14-6-9-2-1-3-11(13(9)15)16-7-12(17)10-4-5-18-8-10/h1-5,8,12,16-17H,7,15H2. The summed E-state index contributed by atoms with van der Waals surface area (Å²) >= 11 is 1.54. The van der Waals surface area contributed by atoms with E-state index in [2.05, 4.69) is 5.32 Å². The molecule has 0 aliphatic heterocycles. The number of para-hydroxylation sites is 1. The van der Waals surface area contributed by atoms with Crippen molar-refractivity contribution in [2.24, 2.45) is 0 Å². The lowest BCUT2D eigenvalue weighted by Gasteiger charge is -2.13. The van der Waals surface area contributed by atoms with Gasteiger partial charge in [-0.3, -0.25) is 0 Å². The monoisotopic (exact) mass is 259 g/mol. The number of aliphatic hydroxyl groups is 1. The Morgan fingerprint density at radius 3 is 2.94 bits per heavy atom. The topological polar surface area (TPSA) is 82.1 Å². The molecule has 0 bridgehead atoms. The van der Waals surface area contributed by atoms with Gasteiger partial charge in [0.05, 0.1) is 23.0 Å². The molecule has 5 heteroatoms. The largest absolute Gasteiger partial charge is 0.396 e. The number of thiophene rings is 1. The minimum atomic E-state index is -0.582. The molecule has 0 amide bonds. The number of anilines is 2. The van der Waals surface area contributed by atoms with Crippen LogP contribution in [0.25, 0.3) is 0 Å². The molecule has 4 nitrogen and oxygen atoms in total. The molecule has 0 spiro atoms. The second-order valence-electron chi connectivity index (χ2n) is 3.83. The highest BCUT2D eigenvalue weighted by molar-refractivity contribution is 7.07. The van der Waals surface area contributed by atoms with Crippen molar-refractivity contribution in [3.05, 3.63) is 46.2 Å². The quantitative estimate of drug-likeness (QED) is 0.736. The van der Waals surface area contributed by atoms with E-state index in [1.54, 1.807) is 29.5 Å². The van der Waals surface area contributed by atoms with Gasteiger partial charge in [-0.1, -0.05) is 6.07 Å². The molecule has 1 atom stereocenters. The predicted octanol–water partition coefficient (Wildman–Crippen LogP) is 2.35. The van der Waals surface area contributed by atoms with E-state index in [1.807, 2.05) is 22.9 Å². The molecule has 18 heavy (non-hydrogen) atoms. The van der Waals surface area contributed by atoms with Crippen LogP contribution in [0.4, 0.5) is 11.4 Å². The fraction of sp³-hybridized carbons (Fsp3) is 0.154. The molecule has 0 fully saturated rings. The zero-order valence-corrected chi connectivity index (χ0v) is 10.4. The number of aliphatic hydroxyl groups excluding tert-OH is 1. The lowest BCUT2D eigenvalue weighted by Crippen LogP contribution is -2.12. The van der Waals surface area contributed by atoms with Gasteiger partial charge in [0.1, 0.15) is 6.07 Å². The lowest BCUT2D eigenvalue weighted by atomic mass is 10.1. The van der Waals surface area contributed by atoms with Crippen LogP contribution < -0.4 is 11.1 Å². The molecule has 4 N–H and O–H groups in total. The van der Waals surface area contributed by atoms with Crippen LogP contribution >= 0.6 is 11.3 Å². The fourth-order valence-corrected chi connectivity index (χ4v) is 2.31. The van der Waals surface area contributed by atoms with Gasteiger partial charge < -0.3 is 16.2 Å². The summed E-state index contributed by atoms with van der Waals surface area (Å²) in [6.45, 7) is 0.357. The van der Waals surface area contributed by atoms with Gasteiger partial charge in [-0.05, 0) is 34.5 Å². The van der Waals surface area contributed by atoms with Gasteiger partial charge in [-0.15, -0.1) is 0 Å². The van der Waals surface area contributed by atoms with Crippen LogP contribution in [0, 0.1) is 11.3 Å². The third kappa shape index (κ3) is 2.62. The molecule has 1 unspecified atom stereocenters. The Morgan fingerprint density at radius 1 is 1.44 bits per heavy atom. The number of nitrogens with one attached hydrogen (secondary N) is 1. The first-order valence-electron chi connectivity index (χ1n) is 5.45. The van der Waals surface area contributed by atoms with E-state index in [4.69, 9.17) is 11.0 Å². The Hall–Kier alpha value is -2.03. The van der Waals surface area contributed by atoms with Crippen LogP contribution in [0.1, 0.15) is 17.2 Å². The average Bonchev–Trinajstić information content (AvgIpc) is 2.91. The maximum absolute atomic E-state index is 9.93. The summed E-state index contributed by atoms with van der Waals surface area (Å²) in [6, 6.07) is 9.11. The van der Waals surface area contributed by atoms with Crippen molar-refractivity contribution in [3.8, 4) is 6.07 Å². The van der Waals surface area contributed by atoms with Crippen LogP contribution in [0.3, 0.4) is 0 Å². The van der Waals surface area contributed by atoms with Crippen molar-refractivity contribution in [1.82, 2.24) is 0 Å². The van der Waals surface area contributed by atoms with Crippen molar-refractivity contribution in [2.45, 2.75) is 6.10 Å². The molecule has 1 aromatic carbocycles. The Kier molecular flexibility index (Phi) is 3.82. The SMILES string of the molecule is N#Cc1cccc(NCC(O)c2ccsc2)c1N. The predicted molar refractivity (Wildman–Crippen MR) is 73.3 cm³/mol. The second-order valence-corrected chi connectivity index (χ2v) is 4.61. The van der Waals surface area contributed by atoms with E-state index < -0.39 is 6.10 Å². The third-order valence-corrected chi connectivity index (χ3v) is 3.34. The van der Waals surface area contributed by atoms with Gasteiger partial charge >= 0.3 is 0 Å². The van der Waals surface area contributed by atoms with E-state index in [0.29, 0.717) is 23.5 Å². The summed E-state index contributed by atoms with van der Waals surface area (Å²) in [5.74, 6) is 0. The van der Waals surface area contributed by atoms with Crippen molar-refractivity contribution in [1.29, 1.82) is 5.26 Å². The summed E-state index contributed by atoms with van der Waals surface area (Å²) < 4.78 is 0. The van der Waals surface area contributed by atoms with Crippen LogP contribution in [0.15, 0.2) is 35.0 Å². The molecule has 1 heterocycles. The number of rotatable bonds is 4. The number of nitrogens with two attached hydrogens (primary N) is 1. The summed E-state index contributed by atoms with van der Waals surface area (Å²) in [5.41, 5.74) is 8.23. The molecule has 0 aliphatic carbocycles. The Morgan fingerprint density at radius 2 is 2.28 bits per heavy atom. The number of nitriles is 1. The molecule has 1 aromatic heterocycles. The number of hydrogen-bond acceptors (Lipinski definition) is 5. The van der Waals surface area contributed by atoms with Crippen molar-refractivity contribution < 1.29 is 5.11 Å². The summed E-state index contributed by atoms with van der Waals surface area (Å²) in [7, 11) is 0. The fourth-order valence-electron chi connectivity index (χ4n) is 1.61. The van der Waals surface area contributed by atoms with Crippen molar-refractivity contribution >= 4 is 22.7 Å². The van der Waals surface area contributed by atoms with Crippen LogP contribution in [0.5, 0.6) is 0 Å². The number of nitrogen functional groups attached to an aromatic ring is 1. The summed E-state index contributed by atoms with van der Waals surface area (Å²) in [4.78, 5) is 0. The minimum Gasteiger partial charge on any atom is -0.396 e. The summed E-state index contributed by atoms with van der Waals surface area (Å²) in [5, 5.41) is 25.7.